The summed E-state index contributed by atoms with van der Waals surface area (Å²) in [7, 11) is 0. The van der Waals surface area contributed by atoms with E-state index in [9.17, 15) is 4.79 Å². The molecule has 0 bridgehead atoms. The molecule has 1 amide bonds. The van der Waals surface area contributed by atoms with E-state index >= 15 is 0 Å². The minimum Gasteiger partial charge on any atom is -0.381 e. The summed E-state index contributed by atoms with van der Waals surface area (Å²) in [4.78, 5) is 19.8. The summed E-state index contributed by atoms with van der Waals surface area (Å²) < 4.78 is 10.9. The predicted molar refractivity (Wildman–Crippen MR) is 126 cm³/mol. The second-order valence-corrected chi connectivity index (χ2v) is 8.81. The molecule has 2 fully saturated rings. The maximum absolute atomic E-state index is 13.0. The molecule has 8 nitrogen and oxygen atoms in total. The zero-order valence-corrected chi connectivity index (χ0v) is 19.0. The fourth-order valence-corrected chi connectivity index (χ4v) is 4.62. The van der Waals surface area contributed by atoms with Gasteiger partial charge in [0, 0.05) is 56.1 Å². The first-order valence-electron chi connectivity index (χ1n) is 11.9. The Morgan fingerprint density at radius 1 is 1.18 bits per heavy atom. The highest BCUT2D eigenvalue weighted by molar-refractivity contribution is 5.94. The summed E-state index contributed by atoms with van der Waals surface area (Å²) in [5.41, 5.74) is 3.59. The predicted octanol–water partition coefficient (Wildman–Crippen LogP) is 3.72. The van der Waals surface area contributed by atoms with Crippen LogP contribution < -0.4 is 5.32 Å². The molecule has 4 heterocycles. The number of nitrogens with one attached hydrogen (secondary N) is 2. The lowest BCUT2D eigenvalue weighted by Gasteiger charge is -2.23. The van der Waals surface area contributed by atoms with Crippen molar-refractivity contribution in [2.75, 3.05) is 38.2 Å². The molecule has 174 valence electrons. The number of fused-ring (bicyclic) bond motifs is 1. The molecule has 2 N–H and O–H groups in total. The van der Waals surface area contributed by atoms with Crippen LogP contribution in [0.25, 0.3) is 11.0 Å². The fourth-order valence-electron chi connectivity index (χ4n) is 4.62. The Labute approximate surface area is 193 Å². The zero-order valence-electron chi connectivity index (χ0n) is 19.0. The summed E-state index contributed by atoms with van der Waals surface area (Å²) >= 11 is 0. The Hall–Kier alpha value is -2.97. The molecule has 2 aliphatic rings. The molecule has 0 saturated carbocycles. The van der Waals surface area contributed by atoms with Crippen molar-refractivity contribution in [3.63, 3.8) is 0 Å². The third-order valence-electron chi connectivity index (χ3n) is 6.58. The van der Waals surface area contributed by atoms with Gasteiger partial charge in [0.25, 0.3) is 5.91 Å². The highest BCUT2D eigenvalue weighted by Gasteiger charge is 2.29. The molecule has 2 saturated heterocycles. The Bertz CT molecular complexity index is 1090. The minimum atomic E-state index is 0.0750. The van der Waals surface area contributed by atoms with Gasteiger partial charge in [-0.1, -0.05) is 12.1 Å². The maximum Gasteiger partial charge on any atom is 0.253 e. The van der Waals surface area contributed by atoms with Crippen molar-refractivity contribution >= 4 is 22.8 Å². The van der Waals surface area contributed by atoms with E-state index in [4.69, 9.17) is 14.5 Å². The number of amides is 1. The van der Waals surface area contributed by atoms with E-state index in [1.54, 1.807) is 0 Å². The standard InChI is InChI=1S/C25H31N5O3/c1-2-32-16-17-3-5-18(6-4-17)25(31)30-12-9-19(15-30)22-8-7-21-23(28-29-24(21)27-22)26-20-10-13-33-14-11-20/h3-8,19-20H,2,9-16H2,1H3,(H2,26,27,28,29)/t19-/m0/s1. The van der Waals surface area contributed by atoms with Gasteiger partial charge in [-0.3, -0.25) is 9.89 Å². The van der Waals surface area contributed by atoms with Gasteiger partial charge in [0.1, 0.15) is 0 Å². The molecule has 33 heavy (non-hydrogen) atoms. The molecule has 8 heteroatoms. The monoisotopic (exact) mass is 449 g/mol. The highest BCUT2D eigenvalue weighted by atomic mass is 16.5. The number of ether oxygens (including phenoxy) is 2. The first-order valence-corrected chi connectivity index (χ1v) is 11.9. The smallest absolute Gasteiger partial charge is 0.253 e. The molecule has 0 aliphatic carbocycles. The first kappa shape index (κ1) is 21.9. The first-order chi connectivity index (χ1) is 16.2. The lowest BCUT2D eigenvalue weighted by atomic mass is 10.0. The largest absolute Gasteiger partial charge is 0.381 e. The number of benzene rings is 1. The van der Waals surface area contributed by atoms with Crippen LogP contribution in [0.5, 0.6) is 0 Å². The van der Waals surface area contributed by atoms with Crippen LogP contribution in [0.4, 0.5) is 5.82 Å². The number of rotatable bonds is 7. The number of H-pyrrole nitrogens is 1. The molecular weight excluding hydrogens is 418 g/mol. The van der Waals surface area contributed by atoms with Crippen molar-refractivity contribution in [3.05, 3.63) is 53.2 Å². The number of carbonyl (C=O) groups is 1. The molecule has 1 aromatic carbocycles. The van der Waals surface area contributed by atoms with Crippen molar-refractivity contribution in [1.82, 2.24) is 20.1 Å². The second kappa shape index (κ2) is 9.89. The van der Waals surface area contributed by atoms with Crippen LogP contribution in [0.1, 0.15) is 53.7 Å². The number of hydrogen-bond acceptors (Lipinski definition) is 6. The average molecular weight is 450 g/mol. The van der Waals surface area contributed by atoms with Crippen LogP contribution in [-0.4, -0.2) is 64.9 Å². The Kier molecular flexibility index (Phi) is 6.55. The van der Waals surface area contributed by atoms with Crippen LogP contribution >= 0.6 is 0 Å². The third-order valence-corrected chi connectivity index (χ3v) is 6.58. The van der Waals surface area contributed by atoms with E-state index in [1.165, 1.54) is 0 Å². The van der Waals surface area contributed by atoms with Gasteiger partial charge < -0.3 is 19.7 Å². The van der Waals surface area contributed by atoms with Gasteiger partial charge in [0.05, 0.1) is 12.0 Å². The fraction of sp³-hybridized carbons (Fsp3) is 0.480. The Morgan fingerprint density at radius 3 is 2.79 bits per heavy atom. The SMILES string of the molecule is CCOCc1ccc(C(=O)N2CC[C@H](c3ccc4c(NC5CCOCC5)n[nH]c4n3)C2)cc1. The van der Waals surface area contributed by atoms with E-state index in [0.717, 1.165) is 72.7 Å². The van der Waals surface area contributed by atoms with Crippen LogP contribution in [0, 0.1) is 0 Å². The molecule has 3 aromatic rings. The van der Waals surface area contributed by atoms with E-state index in [0.29, 0.717) is 25.8 Å². The van der Waals surface area contributed by atoms with Crippen molar-refractivity contribution in [2.24, 2.45) is 0 Å². The van der Waals surface area contributed by atoms with Crippen molar-refractivity contribution in [2.45, 2.75) is 44.8 Å². The Morgan fingerprint density at radius 2 is 2.00 bits per heavy atom. The molecule has 1 atom stereocenters. The number of aromatic amines is 1. The molecule has 0 spiro atoms. The van der Waals surface area contributed by atoms with E-state index in [1.807, 2.05) is 36.1 Å². The topological polar surface area (TPSA) is 92.4 Å². The summed E-state index contributed by atoms with van der Waals surface area (Å²) in [5.74, 6) is 1.16. The number of carbonyl (C=O) groups excluding carboxylic acids is 1. The van der Waals surface area contributed by atoms with E-state index < -0.39 is 0 Å². The second-order valence-electron chi connectivity index (χ2n) is 8.81. The van der Waals surface area contributed by atoms with Gasteiger partial charge in [-0.25, -0.2) is 4.98 Å². The number of aromatic nitrogens is 3. The van der Waals surface area contributed by atoms with Gasteiger partial charge in [-0.15, -0.1) is 0 Å². The van der Waals surface area contributed by atoms with Gasteiger partial charge in [0.2, 0.25) is 0 Å². The molecule has 2 aromatic heterocycles. The van der Waals surface area contributed by atoms with Gasteiger partial charge in [-0.2, -0.15) is 5.10 Å². The molecule has 0 radical (unpaired) electrons. The molecular formula is C25H31N5O3. The molecule has 5 rings (SSSR count). The number of pyridine rings is 1. The van der Waals surface area contributed by atoms with Crippen LogP contribution in [-0.2, 0) is 16.1 Å². The number of hydrogen-bond donors (Lipinski definition) is 2. The summed E-state index contributed by atoms with van der Waals surface area (Å²) in [5, 5.41) is 12.1. The quantitative estimate of drug-likeness (QED) is 0.571. The van der Waals surface area contributed by atoms with Gasteiger partial charge in [0.15, 0.2) is 11.5 Å². The number of nitrogens with zero attached hydrogens (tertiary/aromatic N) is 3. The maximum atomic E-state index is 13.0. The van der Waals surface area contributed by atoms with Gasteiger partial charge in [-0.05, 0) is 56.0 Å². The van der Waals surface area contributed by atoms with Crippen molar-refractivity contribution in [1.29, 1.82) is 0 Å². The van der Waals surface area contributed by atoms with Crippen LogP contribution in [0.3, 0.4) is 0 Å². The summed E-state index contributed by atoms with van der Waals surface area (Å²) in [6, 6.07) is 12.3. The number of anilines is 1. The Balaban J connectivity index is 1.23. The number of likely N-dealkylation sites (tertiary alicyclic amines) is 1. The summed E-state index contributed by atoms with van der Waals surface area (Å²) in [6.45, 7) is 6.23. The third kappa shape index (κ3) is 4.86. The van der Waals surface area contributed by atoms with Crippen molar-refractivity contribution < 1.29 is 14.3 Å². The molecule has 0 unspecified atom stereocenters. The van der Waals surface area contributed by atoms with E-state index in [-0.39, 0.29) is 11.8 Å². The minimum absolute atomic E-state index is 0.0750. The van der Waals surface area contributed by atoms with Crippen LogP contribution in [0.15, 0.2) is 36.4 Å². The highest BCUT2D eigenvalue weighted by Crippen LogP contribution is 2.30. The van der Waals surface area contributed by atoms with E-state index in [2.05, 4.69) is 27.6 Å². The zero-order chi connectivity index (χ0) is 22.6. The summed E-state index contributed by atoms with van der Waals surface area (Å²) in [6.07, 6.45) is 2.89. The molecule has 2 aliphatic heterocycles. The lowest BCUT2D eigenvalue weighted by molar-refractivity contribution is 0.0790. The normalized spacial score (nSPS) is 19.3. The van der Waals surface area contributed by atoms with Crippen LogP contribution in [0.2, 0.25) is 0 Å². The van der Waals surface area contributed by atoms with Gasteiger partial charge >= 0.3 is 0 Å². The van der Waals surface area contributed by atoms with Crippen molar-refractivity contribution in [3.8, 4) is 0 Å². The lowest BCUT2D eigenvalue weighted by Crippen LogP contribution is -2.28. The average Bonchev–Trinajstić information content (AvgIpc) is 3.51.